The Labute approximate surface area is 120 Å². The van der Waals surface area contributed by atoms with Crippen LogP contribution in [0.15, 0.2) is 36.4 Å². The molecule has 0 aliphatic carbocycles. The number of phenolic OH excluding ortho intramolecular Hbond substituents is 1. The summed E-state index contributed by atoms with van der Waals surface area (Å²) in [5.41, 5.74) is 0.366. The number of likely N-dealkylation sites (tertiary alicyclic amines) is 1. The molecule has 1 amide bonds. The van der Waals surface area contributed by atoms with Crippen molar-refractivity contribution in [2.45, 2.75) is 18.8 Å². The largest absolute Gasteiger partial charge is 0.507 e. The minimum Gasteiger partial charge on any atom is -0.507 e. The first-order valence-corrected chi connectivity index (χ1v) is 6.85. The second-order valence-electron chi connectivity index (χ2n) is 5.40. The smallest absolute Gasteiger partial charge is 0.265 e. The van der Waals surface area contributed by atoms with E-state index in [1.807, 2.05) is 0 Å². The maximum atomic E-state index is 13.4. The van der Waals surface area contributed by atoms with Gasteiger partial charge in [-0.3, -0.25) is 4.79 Å². The number of amides is 1. The summed E-state index contributed by atoms with van der Waals surface area (Å²) < 4.78 is 26.8. The summed E-state index contributed by atoms with van der Waals surface area (Å²) in [7, 11) is 0. The molecule has 0 saturated carbocycles. The van der Waals surface area contributed by atoms with Crippen LogP contribution < -0.4 is 0 Å². The topological polar surface area (TPSA) is 40.5 Å². The third-order valence-corrected chi connectivity index (χ3v) is 3.78. The van der Waals surface area contributed by atoms with Crippen LogP contribution in [-0.2, 0) is 0 Å². The lowest BCUT2D eigenvalue weighted by Crippen LogP contribution is -2.45. The van der Waals surface area contributed by atoms with Crippen LogP contribution in [0.2, 0.25) is 0 Å². The van der Waals surface area contributed by atoms with E-state index in [-0.39, 0.29) is 18.1 Å². The van der Waals surface area contributed by atoms with Gasteiger partial charge < -0.3 is 10.0 Å². The second kappa shape index (κ2) is 4.98. The van der Waals surface area contributed by atoms with Crippen molar-refractivity contribution in [1.29, 1.82) is 0 Å². The van der Waals surface area contributed by atoms with Crippen molar-refractivity contribution < 1.29 is 18.7 Å². The van der Waals surface area contributed by atoms with E-state index in [2.05, 4.69) is 0 Å². The van der Waals surface area contributed by atoms with Gasteiger partial charge in [0.05, 0.1) is 6.54 Å². The maximum Gasteiger partial charge on any atom is 0.265 e. The predicted octanol–water partition coefficient (Wildman–Crippen LogP) is 3.42. The molecule has 2 aromatic rings. The predicted molar refractivity (Wildman–Crippen MR) is 75.7 cm³/mol. The van der Waals surface area contributed by atoms with Crippen molar-refractivity contribution in [3.63, 3.8) is 0 Å². The molecule has 0 radical (unpaired) electrons. The van der Waals surface area contributed by atoms with Gasteiger partial charge in [0.25, 0.3) is 11.8 Å². The number of benzene rings is 2. The molecule has 1 fully saturated rings. The number of hydrogen-bond donors (Lipinski definition) is 1. The van der Waals surface area contributed by atoms with Crippen LogP contribution in [0.1, 0.15) is 23.2 Å². The molecule has 1 aliphatic rings. The zero-order chi connectivity index (χ0) is 15.0. The average Bonchev–Trinajstić information content (AvgIpc) is 2.45. The summed E-state index contributed by atoms with van der Waals surface area (Å²) in [6, 6.07) is 9.86. The minimum absolute atomic E-state index is 0.135. The van der Waals surface area contributed by atoms with Crippen molar-refractivity contribution in [2.24, 2.45) is 0 Å². The maximum absolute atomic E-state index is 13.4. The van der Waals surface area contributed by atoms with Gasteiger partial charge in [0, 0.05) is 23.9 Å². The number of halogens is 2. The van der Waals surface area contributed by atoms with Crippen LogP contribution in [-0.4, -0.2) is 34.9 Å². The lowest BCUT2D eigenvalue weighted by molar-refractivity contribution is -0.0560. The molecule has 1 saturated heterocycles. The molecule has 5 heteroatoms. The molecule has 3 nitrogen and oxygen atoms in total. The van der Waals surface area contributed by atoms with E-state index >= 15 is 0 Å². The van der Waals surface area contributed by atoms with Crippen molar-refractivity contribution in [1.82, 2.24) is 4.90 Å². The van der Waals surface area contributed by atoms with Gasteiger partial charge in [0.1, 0.15) is 5.75 Å². The number of aromatic hydroxyl groups is 1. The average molecular weight is 291 g/mol. The number of carbonyl (C=O) groups excluding carboxylic acids is 1. The zero-order valence-corrected chi connectivity index (χ0v) is 11.4. The van der Waals surface area contributed by atoms with Gasteiger partial charge >= 0.3 is 0 Å². The number of phenols is 1. The number of nitrogens with zero attached hydrogens (tertiary/aromatic N) is 1. The fraction of sp³-hybridized carbons (Fsp3) is 0.312. The van der Waals surface area contributed by atoms with Crippen LogP contribution in [0.3, 0.4) is 0 Å². The molecule has 1 aliphatic heterocycles. The lowest BCUT2D eigenvalue weighted by Gasteiger charge is -2.32. The van der Waals surface area contributed by atoms with Gasteiger partial charge in [-0.1, -0.05) is 12.1 Å². The summed E-state index contributed by atoms with van der Waals surface area (Å²) >= 11 is 0. The van der Waals surface area contributed by atoms with E-state index in [9.17, 15) is 18.7 Å². The molecular weight excluding hydrogens is 276 g/mol. The SMILES string of the molecule is O=C(c1ccc2c(O)cccc2c1)N1CCCC(F)(F)C1. The first-order valence-electron chi connectivity index (χ1n) is 6.85. The summed E-state index contributed by atoms with van der Waals surface area (Å²) in [5, 5.41) is 11.1. The Morgan fingerprint density at radius 3 is 2.81 bits per heavy atom. The Hall–Kier alpha value is -2.17. The Bertz CT molecular complexity index is 700. The fourth-order valence-corrected chi connectivity index (χ4v) is 2.72. The van der Waals surface area contributed by atoms with Gasteiger partial charge in [0.15, 0.2) is 0 Å². The standard InChI is InChI=1S/C16H15F2NO2/c17-16(18)7-2-8-19(10-16)15(21)12-5-6-13-11(9-12)3-1-4-14(13)20/h1,3-6,9,20H,2,7-8,10H2. The van der Waals surface area contributed by atoms with Crippen molar-refractivity contribution >= 4 is 16.7 Å². The van der Waals surface area contributed by atoms with E-state index in [1.165, 1.54) is 4.90 Å². The first-order chi connectivity index (χ1) is 9.96. The molecule has 0 bridgehead atoms. The highest BCUT2D eigenvalue weighted by atomic mass is 19.3. The lowest BCUT2D eigenvalue weighted by atomic mass is 10.0. The van der Waals surface area contributed by atoms with Crippen LogP contribution in [0.25, 0.3) is 10.8 Å². The molecule has 1 N–H and O–H groups in total. The quantitative estimate of drug-likeness (QED) is 0.874. The monoisotopic (exact) mass is 291 g/mol. The molecule has 0 atom stereocenters. The molecule has 0 aromatic heterocycles. The van der Waals surface area contributed by atoms with Gasteiger partial charge in [-0.05, 0) is 36.1 Å². The molecule has 0 unspecified atom stereocenters. The molecule has 21 heavy (non-hydrogen) atoms. The Morgan fingerprint density at radius 2 is 2.05 bits per heavy atom. The van der Waals surface area contributed by atoms with E-state index in [0.29, 0.717) is 29.3 Å². The Balaban J connectivity index is 1.91. The van der Waals surface area contributed by atoms with Crippen LogP contribution in [0, 0.1) is 0 Å². The molecule has 110 valence electrons. The third-order valence-electron chi connectivity index (χ3n) is 3.78. The fourth-order valence-electron chi connectivity index (χ4n) is 2.72. The highest BCUT2D eigenvalue weighted by Crippen LogP contribution is 2.29. The highest BCUT2D eigenvalue weighted by Gasteiger charge is 2.37. The van der Waals surface area contributed by atoms with E-state index in [0.717, 1.165) is 0 Å². The highest BCUT2D eigenvalue weighted by molar-refractivity contribution is 5.99. The van der Waals surface area contributed by atoms with Crippen LogP contribution >= 0.6 is 0 Å². The number of piperidine rings is 1. The van der Waals surface area contributed by atoms with E-state index in [1.54, 1.807) is 36.4 Å². The van der Waals surface area contributed by atoms with E-state index in [4.69, 9.17) is 0 Å². The van der Waals surface area contributed by atoms with Gasteiger partial charge in [-0.15, -0.1) is 0 Å². The van der Waals surface area contributed by atoms with E-state index < -0.39 is 12.5 Å². The Kier molecular flexibility index (Phi) is 3.27. The third kappa shape index (κ3) is 2.68. The Morgan fingerprint density at radius 1 is 1.24 bits per heavy atom. The summed E-state index contributed by atoms with van der Waals surface area (Å²) in [6.45, 7) is -0.170. The molecule has 0 spiro atoms. The normalized spacial score (nSPS) is 17.9. The van der Waals surface area contributed by atoms with Gasteiger partial charge in [0.2, 0.25) is 0 Å². The van der Waals surface area contributed by atoms with Crippen LogP contribution in [0.4, 0.5) is 8.78 Å². The molecule has 2 aromatic carbocycles. The number of hydrogen-bond acceptors (Lipinski definition) is 2. The van der Waals surface area contributed by atoms with Crippen molar-refractivity contribution in [3.8, 4) is 5.75 Å². The summed E-state index contributed by atoms with van der Waals surface area (Å²) in [5.74, 6) is -3.06. The summed E-state index contributed by atoms with van der Waals surface area (Å²) in [6.07, 6.45) is 0.148. The zero-order valence-electron chi connectivity index (χ0n) is 11.4. The molecular formula is C16H15F2NO2. The number of carbonyl (C=O) groups is 1. The van der Waals surface area contributed by atoms with Gasteiger partial charge in [-0.25, -0.2) is 8.78 Å². The molecule has 3 rings (SSSR count). The van der Waals surface area contributed by atoms with Crippen molar-refractivity contribution in [3.05, 3.63) is 42.0 Å². The second-order valence-corrected chi connectivity index (χ2v) is 5.40. The van der Waals surface area contributed by atoms with Gasteiger partial charge in [-0.2, -0.15) is 0 Å². The minimum atomic E-state index is -2.80. The molecule has 1 heterocycles. The first kappa shape index (κ1) is 13.8. The number of fused-ring (bicyclic) bond motifs is 1. The van der Waals surface area contributed by atoms with Crippen LogP contribution in [0.5, 0.6) is 5.75 Å². The number of alkyl halides is 2. The number of rotatable bonds is 1. The summed E-state index contributed by atoms with van der Waals surface area (Å²) in [4.78, 5) is 13.5. The van der Waals surface area contributed by atoms with Crippen molar-refractivity contribution in [2.75, 3.05) is 13.1 Å².